The fraction of sp³-hybridized carbons (Fsp3) is 0.333. The van der Waals surface area contributed by atoms with Crippen LogP contribution in [-0.2, 0) is 6.42 Å². The molecule has 1 aromatic heterocycles. The molecule has 0 aliphatic rings. The van der Waals surface area contributed by atoms with Crippen molar-refractivity contribution in [3.63, 3.8) is 0 Å². The lowest BCUT2D eigenvalue weighted by Crippen LogP contribution is -1.78. The van der Waals surface area contributed by atoms with E-state index in [1.54, 1.807) is 5.38 Å². The first-order valence-corrected chi connectivity index (χ1v) is 3.92. The van der Waals surface area contributed by atoms with Crippen LogP contribution < -0.4 is 0 Å². The Kier molecular flexibility index (Phi) is 2.09. The second kappa shape index (κ2) is 2.67. The van der Waals surface area contributed by atoms with Gasteiger partial charge in [-0.05, 0) is 6.42 Å². The Bertz CT molecular complexity index is 187. The van der Waals surface area contributed by atoms with Crippen LogP contribution >= 0.6 is 22.9 Å². The van der Waals surface area contributed by atoms with Crippen molar-refractivity contribution in [2.24, 2.45) is 0 Å². The van der Waals surface area contributed by atoms with E-state index in [9.17, 15) is 4.39 Å². The van der Waals surface area contributed by atoms with E-state index >= 15 is 0 Å². The minimum Gasteiger partial charge on any atom is -0.195 e. The summed E-state index contributed by atoms with van der Waals surface area (Å²) in [5, 5.41) is 2.03. The standard InChI is InChI=1S/C6H6ClFS/c1-2-4-5(7)3-9-6(4)8/h3H,2H2,1H3. The van der Waals surface area contributed by atoms with Gasteiger partial charge in [-0.2, -0.15) is 4.39 Å². The topological polar surface area (TPSA) is 0 Å². The molecule has 0 aliphatic heterocycles. The number of rotatable bonds is 1. The monoisotopic (exact) mass is 164 g/mol. The van der Waals surface area contributed by atoms with Crippen LogP contribution in [-0.4, -0.2) is 0 Å². The lowest BCUT2D eigenvalue weighted by molar-refractivity contribution is 0.642. The van der Waals surface area contributed by atoms with Gasteiger partial charge in [-0.25, -0.2) is 0 Å². The predicted octanol–water partition coefficient (Wildman–Crippen LogP) is 3.10. The molecule has 0 nitrogen and oxygen atoms in total. The van der Waals surface area contributed by atoms with Crippen LogP contribution in [0.15, 0.2) is 5.38 Å². The molecule has 0 atom stereocenters. The molecule has 0 fully saturated rings. The summed E-state index contributed by atoms with van der Waals surface area (Å²) in [6.45, 7) is 1.89. The summed E-state index contributed by atoms with van der Waals surface area (Å²) in [4.78, 5) is 0. The molecule has 0 unspecified atom stereocenters. The van der Waals surface area contributed by atoms with Crippen molar-refractivity contribution < 1.29 is 4.39 Å². The van der Waals surface area contributed by atoms with Gasteiger partial charge in [-0.1, -0.05) is 18.5 Å². The summed E-state index contributed by atoms with van der Waals surface area (Å²) >= 11 is 6.67. The molecule has 0 spiro atoms. The zero-order valence-electron chi connectivity index (χ0n) is 4.95. The van der Waals surface area contributed by atoms with Crippen molar-refractivity contribution in [2.75, 3.05) is 0 Å². The second-order valence-electron chi connectivity index (χ2n) is 1.69. The summed E-state index contributed by atoms with van der Waals surface area (Å²) < 4.78 is 12.5. The number of hydrogen-bond donors (Lipinski definition) is 0. The van der Waals surface area contributed by atoms with E-state index in [-0.39, 0.29) is 5.13 Å². The van der Waals surface area contributed by atoms with Gasteiger partial charge in [0.25, 0.3) is 0 Å². The maximum atomic E-state index is 12.5. The van der Waals surface area contributed by atoms with Crippen LogP contribution in [0.3, 0.4) is 0 Å². The van der Waals surface area contributed by atoms with E-state index in [2.05, 4.69) is 0 Å². The molecule has 0 bridgehead atoms. The highest BCUT2D eigenvalue weighted by molar-refractivity contribution is 7.09. The van der Waals surface area contributed by atoms with Crippen molar-refractivity contribution in [2.45, 2.75) is 13.3 Å². The average molecular weight is 165 g/mol. The summed E-state index contributed by atoms with van der Waals surface area (Å²) in [6, 6.07) is 0. The summed E-state index contributed by atoms with van der Waals surface area (Å²) in [5.74, 6) is 0. The number of halogens is 2. The molecule has 0 aliphatic carbocycles. The Hall–Kier alpha value is -0.0800. The predicted molar refractivity (Wildman–Crippen MR) is 38.7 cm³/mol. The van der Waals surface area contributed by atoms with Gasteiger partial charge in [-0.3, -0.25) is 0 Å². The van der Waals surface area contributed by atoms with Gasteiger partial charge in [0.05, 0.1) is 5.02 Å². The van der Waals surface area contributed by atoms with Crippen molar-refractivity contribution in [1.82, 2.24) is 0 Å². The van der Waals surface area contributed by atoms with Crippen LogP contribution in [0, 0.1) is 5.13 Å². The molecule has 0 N–H and O–H groups in total. The first-order valence-electron chi connectivity index (χ1n) is 2.67. The fourth-order valence-electron chi connectivity index (χ4n) is 0.647. The first-order chi connectivity index (χ1) is 4.25. The van der Waals surface area contributed by atoms with Crippen LogP contribution in [0.25, 0.3) is 0 Å². The molecule has 50 valence electrons. The summed E-state index contributed by atoms with van der Waals surface area (Å²) in [7, 11) is 0. The van der Waals surface area contributed by atoms with Crippen LogP contribution in [0.5, 0.6) is 0 Å². The van der Waals surface area contributed by atoms with Crippen LogP contribution in [0.1, 0.15) is 12.5 Å². The molecule has 0 amide bonds. The minimum absolute atomic E-state index is 0.150. The highest BCUT2D eigenvalue weighted by Gasteiger charge is 2.05. The third-order valence-electron chi connectivity index (χ3n) is 1.14. The van der Waals surface area contributed by atoms with Gasteiger partial charge in [0.1, 0.15) is 0 Å². The molecule has 0 radical (unpaired) electrons. The Balaban J connectivity index is 3.07. The number of thiophene rings is 1. The third kappa shape index (κ3) is 1.25. The lowest BCUT2D eigenvalue weighted by Gasteiger charge is -1.88. The molecule has 9 heavy (non-hydrogen) atoms. The average Bonchev–Trinajstić information content (AvgIpc) is 2.12. The summed E-state index contributed by atoms with van der Waals surface area (Å²) in [6.07, 6.45) is 0.675. The van der Waals surface area contributed by atoms with E-state index in [1.165, 1.54) is 0 Å². The first kappa shape index (κ1) is 7.03. The third-order valence-corrected chi connectivity index (χ3v) is 2.42. The Morgan fingerprint density at radius 2 is 2.44 bits per heavy atom. The molecule has 0 saturated heterocycles. The van der Waals surface area contributed by atoms with Gasteiger partial charge in [0.15, 0.2) is 5.13 Å². The Labute approximate surface area is 62.3 Å². The molecule has 0 aromatic carbocycles. The van der Waals surface area contributed by atoms with Gasteiger partial charge in [-0.15, -0.1) is 11.3 Å². The normalized spacial score (nSPS) is 10.1. The van der Waals surface area contributed by atoms with Gasteiger partial charge < -0.3 is 0 Å². The zero-order valence-corrected chi connectivity index (χ0v) is 6.52. The Morgan fingerprint density at radius 3 is 2.67 bits per heavy atom. The van der Waals surface area contributed by atoms with Gasteiger partial charge >= 0.3 is 0 Å². The number of hydrogen-bond acceptors (Lipinski definition) is 1. The molecular formula is C6H6ClFS. The van der Waals surface area contributed by atoms with E-state index in [4.69, 9.17) is 11.6 Å². The molecule has 0 saturated carbocycles. The smallest absolute Gasteiger partial charge is 0.181 e. The molecule has 1 heterocycles. The van der Waals surface area contributed by atoms with E-state index in [0.29, 0.717) is 17.0 Å². The maximum Gasteiger partial charge on any atom is 0.181 e. The van der Waals surface area contributed by atoms with Crippen LogP contribution in [0.4, 0.5) is 4.39 Å². The summed E-state index contributed by atoms with van der Waals surface area (Å²) in [5.41, 5.74) is 0.640. The molecule has 1 aromatic rings. The molecular weight excluding hydrogens is 159 g/mol. The van der Waals surface area contributed by atoms with Crippen molar-refractivity contribution >= 4 is 22.9 Å². The van der Waals surface area contributed by atoms with Gasteiger partial charge in [0, 0.05) is 10.9 Å². The maximum absolute atomic E-state index is 12.5. The van der Waals surface area contributed by atoms with Crippen molar-refractivity contribution in [3.05, 3.63) is 21.1 Å². The van der Waals surface area contributed by atoms with Gasteiger partial charge in [0.2, 0.25) is 0 Å². The fourth-order valence-corrected chi connectivity index (χ4v) is 1.80. The van der Waals surface area contributed by atoms with E-state index < -0.39 is 0 Å². The highest BCUT2D eigenvalue weighted by Crippen LogP contribution is 2.25. The van der Waals surface area contributed by atoms with E-state index in [1.807, 2.05) is 6.92 Å². The van der Waals surface area contributed by atoms with Crippen LogP contribution in [0.2, 0.25) is 5.02 Å². The minimum atomic E-state index is -0.150. The van der Waals surface area contributed by atoms with E-state index in [0.717, 1.165) is 11.3 Å². The SMILES string of the molecule is CCc1c(Cl)csc1F. The van der Waals surface area contributed by atoms with Crippen molar-refractivity contribution in [1.29, 1.82) is 0 Å². The molecule has 1 rings (SSSR count). The zero-order chi connectivity index (χ0) is 6.85. The largest absolute Gasteiger partial charge is 0.195 e. The Morgan fingerprint density at radius 1 is 1.78 bits per heavy atom. The quantitative estimate of drug-likeness (QED) is 0.599. The van der Waals surface area contributed by atoms with Crippen molar-refractivity contribution in [3.8, 4) is 0 Å². The second-order valence-corrected chi connectivity index (χ2v) is 2.93. The highest BCUT2D eigenvalue weighted by atomic mass is 35.5. The molecule has 3 heteroatoms. The lowest BCUT2D eigenvalue weighted by atomic mass is 10.3.